The second-order valence-corrected chi connectivity index (χ2v) is 8.06. The topological polar surface area (TPSA) is 80.1 Å². The first-order valence-electron chi connectivity index (χ1n) is 9.37. The standard InChI is InChI=1S/C21H24N2O5S/c1-14(2)22(16-8-5-4-6-9-16)19(25)12-28-21(26)17-13-29-20(23(17)15(3)24)18-10-7-11-27-18/h4-11,14,17,20H,12-13H2,1-3H3/t17-,20-/m0/s1. The molecule has 0 bridgehead atoms. The number of nitrogens with zero attached hydrogens (tertiary/aromatic N) is 2. The molecule has 0 aliphatic carbocycles. The van der Waals surface area contributed by atoms with Crippen molar-refractivity contribution in [2.24, 2.45) is 0 Å². The number of para-hydroxylation sites is 1. The van der Waals surface area contributed by atoms with E-state index in [1.165, 1.54) is 29.8 Å². The Morgan fingerprint density at radius 3 is 2.52 bits per heavy atom. The van der Waals surface area contributed by atoms with Crippen LogP contribution in [0.1, 0.15) is 31.9 Å². The molecule has 8 heteroatoms. The molecule has 0 radical (unpaired) electrons. The van der Waals surface area contributed by atoms with Crippen LogP contribution in [0.15, 0.2) is 53.1 Å². The molecule has 1 aromatic carbocycles. The van der Waals surface area contributed by atoms with Crippen molar-refractivity contribution in [3.05, 3.63) is 54.5 Å². The van der Waals surface area contributed by atoms with Gasteiger partial charge in [0.1, 0.15) is 17.2 Å². The highest BCUT2D eigenvalue weighted by atomic mass is 32.2. The lowest BCUT2D eigenvalue weighted by Crippen LogP contribution is -2.45. The van der Waals surface area contributed by atoms with Crippen LogP contribution >= 0.6 is 11.8 Å². The summed E-state index contributed by atoms with van der Waals surface area (Å²) in [5.41, 5.74) is 0.739. The quantitative estimate of drug-likeness (QED) is 0.673. The van der Waals surface area contributed by atoms with E-state index in [0.717, 1.165) is 5.69 Å². The van der Waals surface area contributed by atoms with Gasteiger partial charge in [-0.3, -0.25) is 9.59 Å². The van der Waals surface area contributed by atoms with Gasteiger partial charge in [-0.05, 0) is 38.1 Å². The molecule has 154 valence electrons. The minimum absolute atomic E-state index is 0.0947. The van der Waals surface area contributed by atoms with Crippen molar-refractivity contribution in [2.45, 2.75) is 38.2 Å². The molecular formula is C21H24N2O5S. The van der Waals surface area contributed by atoms with Crippen LogP contribution in [0, 0.1) is 0 Å². The van der Waals surface area contributed by atoms with Gasteiger partial charge >= 0.3 is 5.97 Å². The number of rotatable bonds is 6. The van der Waals surface area contributed by atoms with Crippen LogP contribution in [0.3, 0.4) is 0 Å². The Morgan fingerprint density at radius 1 is 1.21 bits per heavy atom. The number of ether oxygens (including phenoxy) is 1. The molecule has 1 fully saturated rings. The zero-order valence-corrected chi connectivity index (χ0v) is 17.4. The van der Waals surface area contributed by atoms with Crippen LogP contribution in [-0.2, 0) is 19.1 Å². The fourth-order valence-corrected chi connectivity index (χ4v) is 4.76. The Hall–Kier alpha value is -2.74. The SMILES string of the molecule is CC(=O)N1[C@H](C(=O)OCC(=O)N(c2ccccc2)C(C)C)CS[C@H]1c1ccco1. The second kappa shape index (κ2) is 9.17. The van der Waals surface area contributed by atoms with E-state index in [2.05, 4.69) is 0 Å². The zero-order chi connectivity index (χ0) is 21.0. The molecule has 0 spiro atoms. The number of thioether (sulfide) groups is 1. The summed E-state index contributed by atoms with van der Waals surface area (Å²) in [4.78, 5) is 40.6. The number of hydrogen-bond acceptors (Lipinski definition) is 6. The van der Waals surface area contributed by atoms with E-state index in [1.807, 2.05) is 44.2 Å². The van der Waals surface area contributed by atoms with Gasteiger partial charge < -0.3 is 19.0 Å². The van der Waals surface area contributed by atoms with Gasteiger partial charge in [-0.15, -0.1) is 11.8 Å². The molecule has 1 aliphatic rings. The predicted octanol–water partition coefficient (Wildman–Crippen LogP) is 3.23. The van der Waals surface area contributed by atoms with Crippen molar-refractivity contribution < 1.29 is 23.5 Å². The van der Waals surface area contributed by atoms with Crippen molar-refractivity contribution in [3.63, 3.8) is 0 Å². The summed E-state index contributed by atoms with van der Waals surface area (Å²) in [5.74, 6) is -0.177. The van der Waals surface area contributed by atoms with Crippen molar-refractivity contribution in [1.82, 2.24) is 4.90 Å². The normalized spacial score (nSPS) is 18.7. The van der Waals surface area contributed by atoms with Crippen LogP contribution in [0.25, 0.3) is 0 Å². The van der Waals surface area contributed by atoms with Gasteiger partial charge in [0.25, 0.3) is 5.91 Å². The average Bonchev–Trinajstić information content (AvgIpc) is 3.36. The summed E-state index contributed by atoms with van der Waals surface area (Å²) in [7, 11) is 0. The predicted molar refractivity (Wildman–Crippen MR) is 110 cm³/mol. The maximum atomic E-state index is 12.7. The molecule has 1 saturated heterocycles. The molecule has 2 amide bonds. The fourth-order valence-electron chi connectivity index (χ4n) is 3.34. The molecule has 3 rings (SSSR count). The summed E-state index contributed by atoms with van der Waals surface area (Å²) in [6.45, 7) is 4.81. The number of amides is 2. The number of esters is 1. The summed E-state index contributed by atoms with van der Waals surface area (Å²) >= 11 is 1.43. The molecule has 7 nitrogen and oxygen atoms in total. The van der Waals surface area contributed by atoms with Gasteiger partial charge in [0.05, 0.1) is 6.26 Å². The molecule has 0 saturated carbocycles. The Morgan fingerprint density at radius 2 is 1.93 bits per heavy atom. The van der Waals surface area contributed by atoms with E-state index in [9.17, 15) is 14.4 Å². The number of carbonyl (C=O) groups is 3. The first-order valence-corrected chi connectivity index (χ1v) is 10.4. The van der Waals surface area contributed by atoms with Crippen LogP contribution in [0.5, 0.6) is 0 Å². The monoisotopic (exact) mass is 416 g/mol. The van der Waals surface area contributed by atoms with Crippen molar-refractivity contribution in [2.75, 3.05) is 17.3 Å². The van der Waals surface area contributed by atoms with Gasteiger partial charge in [-0.2, -0.15) is 0 Å². The third-order valence-electron chi connectivity index (χ3n) is 4.58. The largest absolute Gasteiger partial charge is 0.466 e. The highest BCUT2D eigenvalue weighted by Crippen LogP contribution is 2.41. The van der Waals surface area contributed by atoms with Crippen molar-refractivity contribution in [3.8, 4) is 0 Å². The Kier molecular flexibility index (Phi) is 6.64. The molecule has 1 aromatic heterocycles. The first kappa shape index (κ1) is 21.0. The van der Waals surface area contributed by atoms with E-state index in [1.54, 1.807) is 17.0 Å². The lowest BCUT2D eigenvalue weighted by molar-refractivity contribution is -0.156. The Balaban J connectivity index is 1.66. The third kappa shape index (κ3) is 4.64. The molecule has 29 heavy (non-hydrogen) atoms. The minimum atomic E-state index is -0.760. The number of anilines is 1. The van der Waals surface area contributed by atoms with Crippen molar-refractivity contribution >= 4 is 35.2 Å². The molecule has 1 aliphatic heterocycles. The molecule has 0 N–H and O–H groups in total. The maximum absolute atomic E-state index is 12.7. The molecule has 0 unspecified atom stereocenters. The summed E-state index contributed by atoms with van der Waals surface area (Å²) in [5, 5.41) is -0.382. The van der Waals surface area contributed by atoms with Gasteiger partial charge in [0.2, 0.25) is 5.91 Å². The molecule has 2 atom stereocenters. The van der Waals surface area contributed by atoms with Gasteiger partial charge in [0.15, 0.2) is 6.61 Å². The van der Waals surface area contributed by atoms with Crippen LogP contribution < -0.4 is 4.90 Å². The van der Waals surface area contributed by atoms with E-state index in [-0.39, 0.29) is 29.8 Å². The van der Waals surface area contributed by atoms with Gasteiger partial charge in [-0.1, -0.05) is 18.2 Å². The number of furan rings is 1. The van der Waals surface area contributed by atoms with Gasteiger partial charge in [-0.25, -0.2) is 4.79 Å². The Labute approximate surface area is 174 Å². The average molecular weight is 416 g/mol. The lowest BCUT2D eigenvalue weighted by atomic mass is 10.2. The van der Waals surface area contributed by atoms with Crippen molar-refractivity contribution in [1.29, 1.82) is 0 Å². The number of hydrogen-bond donors (Lipinski definition) is 0. The van der Waals surface area contributed by atoms with Crippen LogP contribution in [0.4, 0.5) is 5.69 Å². The third-order valence-corrected chi connectivity index (χ3v) is 5.86. The summed E-state index contributed by atoms with van der Waals surface area (Å²) in [6, 6.07) is 11.9. The smallest absolute Gasteiger partial charge is 0.330 e. The van der Waals surface area contributed by atoms with Crippen LogP contribution in [0.2, 0.25) is 0 Å². The molecule has 2 heterocycles. The van der Waals surface area contributed by atoms with Gasteiger partial charge in [0, 0.05) is 24.4 Å². The summed E-state index contributed by atoms with van der Waals surface area (Å²) in [6.07, 6.45) is 1.53. The molecular weight excluding hydrogens is 392 g/mol. The summed E-state index contributed by atoms with van der Waals surface area (Å²) < 4.78 is 10.7. The highest BCUT2D eigenvalue weighted by Gasteiger charge is 2.43. The second-order valence-electron chi connectivity index (χ2n) is 6.94. The first-order chi connectivity index (χ1) is 13.9. The van der Waals surface area contributed by atoms with E-state index in [4.69, 9.17) is 9.15 Å². The van der Waals surface area contributed by atoms with Crippen LogP contribution in [-0.4, -0.2) is 47.1 Å². The van der Waals surface area contributed by atoms with E-state index in [0.29, 0.717) is 11.5 Å². The molecule has 2 aromatic rings. The fraction of sp³-hybridized carbons (Fsp3) is 0.381. The number of benzene rings is 1. The lowest BCUT2D eigenvalue weighted by Gasteiger charge is -2.28. The highest BCUT2D eigenvalue weighted by molar-refractivity contribution is 7.99. The number of carbonyl (C=O) groups excluding carboxylic acids is 3. The zero-order valence-electron chi connectivity index (χ0n) is 16.6. The van der Waals surface area contributed by atoms with E-state index < -0.39 is 12.0 Å². The Bertz CT molecular complexity index is 853. The maximum Gasteiger partial charge on any atom is 0.330 e. The minimum Gasteiger partial charge on any atom is -0.466 e. The van der Waals surface area contributed by atoms with E-state index >= 15 is 0 Å².